The van der Waals surface area contributed by atoms with Gasteiger partial charge in [0, 0.05) is 34.2 Å². The molecule has 0 aliphatic heterocycles. The molecule has 0 spiro atoms. The first-order chi connectivity index (χ1) is 14.0. The quantitative estimate of drug-likeness (QED) is 0.631. The van der Waals surface area contributed by atoms with Crippen LogP contribution in [0.4, 0.5) is 4.39 Å². The molecule has 0 radical (unpaired) electrons. The Morgan fingerprint density at radius 2 is 2.03 bits per heavy atom. The van der Waals surface area contributed by atoms with Gasteiger partial charge in [-0.05, 0) is 49.8 Å². The van der Waals surface area contributed by atoms with Crippen LogP contribution in [0.2, 0.25) is 0 Å². The fourth-order valence-corrected chi connectivity index (χ4v) is 5.95. The van der Waals surface area contributed by atoms with Crippen molar-refractivity contribution in [2.45, 2.75) is 37.0 Å². The van der Waals surface area contributed by atoms with Gasteiger partial charge in [-0.3, -0.25) is 9.78 Å². The number of hydrogen-bond acceptors (Lipinski definition) is 4. The van der Waals surface area contributed by atoms with Crippen LogP contribution in [0.5, 0.6) is 0 Å². The minimum atomic E-state index is -2.82. The Bertz CT molecular complexity index is 1220. The molecule has 2 fully saturated rings. The summed E-state index contributed by atoms with van der Waals surface area (Å²) in [7, 11) is -2.82. The van der Waals surface area contributed by atoms with Crippen molar-refractivity contribution in [1.82, 2.24) is 14.8 Å². The lowest BCUT2D eigenvalue weighted by Gasteiger charge is -2.26. The largest absolute Gasteiger partial charge is 0.272 e. The van der Waals surface area contributed by atoms with E-state index in [0.717, 1.165) is 43.7 Å². The molecule has 0 saturated heterocycles. The summed E-state index contributed by atoms with van der Waals surface area (Å²) in [5, 5.41) is 5.22. The molecule has 150 valence electrons. The lowest BCUT2D eigenvalue weighted by molar-refractivity contribution is -0.118. The second-order valence-electron chi connectivity index (χ2n) is 7.96. The maximum Gasteiger partial charge on any atom is 0.257 e. The van der Waals surface area contributed by atoms with Crippen LogP contribution < -0.4 is 0 Å². The number of hydrogen-bond donors (Lipinski definition) is 0. The summed E-state index contributed by atoms with van der Waals surface area (Å²) in [6.07, 6.45) is 9.32. The number of halogens is 1. The van der Waals surface area contributed by atoms with E-state index in [1.165, 1.54) is 12.3 Å². The van der Waals surface area contributed by atoms with E-state index in [9.17, 15) is 13.4 Å². The van der Waals surface area contributed by atoms with E-state index in [1.807, 2.05) is 0 Å². The van der Waals surface area contributed by atoms with Gasteiger partial charge in [0.15, 0.2) is 0 Å². The maximum atomic E-state index is 13.8. The molecule has 1 aromatic carbocycles. The molecule has 0 N–H and O–H groups in total. The average molecular weight is 412 g/mol. The van der Waals surface area contributed by atoms with Gasteiger partial charge in [-0.1, -0.05) is 6.42 Å². The Kier molecular flexibility index (Phi) is 4.46. The zero-order chi connectivity index (χ0) is 20.0. The van der Waals surface area contributed by atoms with Gasteiger partial charge in [0.1, 0.15) is 5.82 Å². The van der Waals surface area contributed by atoms with E-state index in [2.05, 4.69) is 14.4 Å². The molecule has 1 atom stereocenters. The number of carbonyl (C=O) groups is 1. The molecule has 2 saturated carbocycles. The summed E-state index contributed by atoms with van der Waals surface area (Å²) in [6.45, 7) is 0. The minimum absolute atomic E-state index is 0.0517. The molecular weight excluding hydrogens is 391 g/mol. The van der Waals surface area contributed by atoms with Gasteiger partial charge in [-0.15, -0.1) is 0 Å². The second kappa shape index (κ2) is 7.02. The van der Waals surface area contributed by atoms with Crippen LogP contribution in [0, 0.1) is 17.7 Å². The predicted molar refractivity (Wildman–Crippen MR) is 108 cm³/mol. The average Bonchev–Trinajstić information content (AvgIpc) is 3.43. The molecule has 1 unspecified atom stereocenters. The van der Waals surface area contributed by atoms with Crippen LogP contribution >= 0.6 is 0 Å². The Morgan fingerprint density at radius 3 is 2.72 bits per heavy atom. The Labute approximate surface area is 168 Å². The number of pyridine rings is 1. The molecule has 6 nitrogen and oxygen atoms in total. The highest BCUT2D eigenvalue weighted by Crippen LogP contribution is 2.34. The van der Waals surface area contributed by atoms with Crippen LogP contribution in [0.25, 0.3) is 16.6 Å². The summed E-state index contributed by atoms with van der Waals surface area (Å²) in [4.78, 5) is 16.8. The first-order valence-electron chi connectivity index (χ1n) is 9.89. The van der Waals surface area contributed by atoms with Crippen LogP contribution in [0.15, 0.2) is 52.1 Å². The number of fused-ring (bicyclic) bond motifs is 1. The van der Waals surface area contributed by atoms with Crippen LogP contribution in [0.3, 0.4) is 0 Å². The lowest BCUT2D eigenvalue weighted by atomic mass is 9.87. The zero-order valence-electron chi connectivity index (χ0n) is 15.8. The molecule has 2 aromatic heterocycles. The van der Waals surface area contributed by atoms with E-state index in [1.54, 1.807) is 29.1 Å². The third-order valence-electron chi connectivity index (χ3n) is 5.65. The van der Waals surface area contributed by atoms with Crippen LogP contribution in [-0.4, -0.2) is 30.6 Å². The highest BCUT2D eigenvalue weighted by molar-refractivity contribution is 7.94. The summed E-state index contributed by atoms with van der Waals surface area (Å²) in [5.41, 5.74) is 1.20. The topological polar surface area (TPSA) is 77.2 Å². The standard InChI is InChI=1S/C21H21FN4O2S/c22-17-9-18(11-23-10-17)26-12-16-8-19(6-7-20(16)24-26)29(28,13-14-2-1-3-14)25-21(27)15-4-5-15/h6-12,14-15H,1-5,13H2. The Balaban J connectivity index is 1.56. The Hall–Kier alpha value is -2.61. The number of amides is 1. The van der Waals surface area contributed by atoms with Crippen molar-refractivity contribution in [2.75, 3.05) is 5.75 Å². The van der Waals surface area contributed by atoms with E-state index >= 15 is 0 Å². The van der Waals surface area contributed by atoms with Gasteiger partial charge < -0.3 is 0 Å². The van der Waals surface area contributed by atoms with Crippen molar-refractivity contribution in [1.29, 1.82) is 0 Å². The smallest absolute Gasteiger partial charge is 0.257 e. The summed E-state index contributed by atoms with van der Waals surface area (Å²) < 4.78 is 33.1. The Morgan fingerprint density at radius 1 is 1.21 bits per heavy atom. The van der Waals surface area contributed by atoms with E-state index in [-0.39, 0.29) is 11.8 Å². The van der Waals surface area contributed by atoms with Crippen LogP contribution in [-0.2, 0) is 14.5 Å². The van der Waals surface area contributed by atoms with Gasteiger partial charge >= 0.3 is 0 Å². The fraction of sp³-hybridized carbons (Fsp3) is 0.381. The highest BCUT2D eigenvalue weighted by Gasteiger charge is 2.32. The normalized spacial score (nSPS) is 18.9. The lowest BCUT2D eigenvalue weighted by Crippen LogP contribution is -2.23. The number of aromatic nitrogens is 3. The molecule has 2 aliphatic carbocycles. The summed E-state index contributed by atoms with van der Waals surface area (Å²) >= 11 is 0. The minimum Gasteiger partial charge on any atom is -0.272 e. The highest BCUT2D eigenvalue weighted by atomic mass is 32.2. The van der Waals surface area contributed by atoms with Crippen molar-refractivity contribution in [3.05, 3.63) is 48.7 Å². The van der Waals surface area contributed by atoms with Crippen molar-refractivity contribution in [3.8, 4) is 5.69 Å². The van der Waals surface area contributed by atoms with Gasteiger partial charge in [0.2, 0.25) is 0 Å². The second-order valence-corrected chi connectivity index (χ2v) is 10.2. The number of nitrogens with zero attached hydrogens (tertiary/aromatic N) is 4. The third-order valence-corrected chi connectivity index (χ3v) is 8.04. The fourth-order valence-electron chi connectivity index (χ4n) is 3.58. The van der Waals surface area contributed by atoms with Crippen molar-refractivity contribution in [3.63, 3.8) is 0 Å². The number of carbonyl (C=O) groups excluding carboxylic acids is 1. The molecule has 8 heteroatoms. The number of rotatable bonds is 5. The molecule has 0 bridgehead atoms. The van der Waals surface area contributed by atoms with Gasteiger partial charge in [0.25, 0.3) is 5.91 Å². The molecule has 2 aliphatic rings. The van der Waals surface area contributed by atoms with E-state index in [4.69, 9.17) is 0 Å². The number of benzene rings is 1. The van der Waals surface area contributed by atoms with E-state index in [0.29, 0.717) is 27.8 Å². The molecule has 5 rings (SSSR count). The molecule has 3 aromatic rings. The van der Waals surface area contributed by atoms with Crippen molar-refractivity contribution in [2.24, 2.45) is 16.2 Å². The first-order valence-corrected chi connectivity index (χ1v) is 11.6. The predicted octanol–water partition coefficient (Wildman–Crippen LogP) is 4.12. The van der Waals surface area contributed by atoms with Crippen molar-refractivity contribution >= 4 is 26.5 Å². The summed E-state index contributed by atoms with van der Waals surface area (Å²) in [5.74, 6) is 0.0673. The maximum absolute atomic E-state index is 13.8. The van der Waals surface area contributed by atoms with Gasteiger partial charge in [-0.2, -0.15) is 9.46 Å². The van der Waals surface area contributed by atoms with Crippen molar-refractivity contribution < 1.29 is 13.4 Å². The van der Waals surface area contributed by atoms with Gasteiger partial charge in [0.05, 0.1) is 33.3 Å². The van der Waals surface area contributed by atoms with E-state index < -0.39 is 15.5 Å². The monoisotopic (exact) mass is 412 g/mol. The molecule has 29 heavy (non-hydrogen) atoms. The molecule has 2 heterocycles. The molecular formula is C21H21FN4O2S. The molecule has 1 amide bonds. The zero-order valence-corrected chi connectivity index (χ0v) is 16.6. The van der Waals surface area contributed by atoms with Gasteiger partial charge in [-0.25, -0.2) is 13.3 Å². The SMILES string of the molecule is O=C(N=S(=O)(CC1CCC1)c1ccc2nn(-c3cncc(F)c3)cc2c1)C1CC1. The first kappa shape index (κ1) is 18.4. The third kappa shape index (κ3) is 3.69. The van der Waals surface area contributed by atoms with Crippen LogP contribution in [0.1, 0.15) is 32.1 Å². The summed E-state index contributed by atoms with van der Waals surface area (Å²) in [6, 6.07) is 6.69.